The summed E-state index contributed by atoms with van der Waals surface area (Å²) in [6.45, 7) is 4.30. The van der Waals surface area contributed by atoms with Crippen molar-refractivity contribution in [1.82, 2.24) is 25.1 Å². The minimum absolute atomic E-state index is 0.572. The van der Waals surface area contributed by atoms with Crippen LogP contribution in [0.3, 0.4) is 0 Å². The molecular weight excluding hydrogens is 432 g/mol. The fourth-order valence-corrected chi connectivity index (χ4v) is 4.87. The van der Waals surface area contributed by atoms with E-state index in [0.717, 1.165) is 64.5 Å². The number of anilines is 5. The van der Waals surface area contributed by atoms with Gasteiger partial charge in [0.1, 0.15) is 10.6 Å². The van der Waals surface area contributed by atoms with Crippen LogP contribution < -0.4 is 15.5 Å². The molecule has 2 aromatic carbocycles. The van der Waals surface area contributed by atoms with Crippen LogP contribution in [-0.4, -0.2) is 58.3 Å². The van der Waals surface area contributed by atoms with E-state index in [2.05, 4.69) is 61.9 Å². The molecule has 0 aliphatic carbocycles. The fraction of sp³-hybridized carbons (Fsp3) is 0.208. The number of H-pyrrole nitrogens is 1. The van der Waals surface area contributed by atoms with Crippen LogP contribution >= 0.6 is 11.3 Å². The van der Waals surface area contributed by atoms with Crippen molar-refractivity contribution in [1.29, 1.82) is 0 Å². The van der Waals surface area contributed by atoms with E-state index < -0.39 is 0 Å². The minimum Gasteiger partial charge on any atom is -0.369 e. The molecule has 166 valence electrons. The van der Waals surface area contributed by atoms with Crippen molar-refractivity contribution in [2.24, 2.45) is 0 Å². The van der Waals surface area contributed by atoms with Crippen LogP contribution in [0.15, 0.2) is 60.1 Å². The Morgan fingerprint density at radius 1 is 0.909 bits per heavy atom. The molecular formula is C24H24N8S. The maximum atomic E-state index is 4.78. The number of nitrogens with one attached hydrogen (secondary N) is 3. The number of aromatic nitrogens is 4. The van der Waals surface area contributed by atoms with Gasteiger partial charge in [-0.25, -0.2) is 4.98 Å². The van der Waals surface area contributed by atoms with Crippen LogP contribution in [0.5, 0.6) is 0 Å². The summed E-state index contributed by atoms with van der Waals surface area (Å²) in [7, 11) is 2.17. The second-order valence-corrected chi connectivity index (χ2v) is 9.19. The Kier molecular flexibility index (Phi) is 5.04. The highest BCUT2D eigenvalue weighted by atomic mass is 32.1. The van der Waals surface area contributed by atoms with E-state index in [-0.39, 0.29) is 0 Å². The molecule has 0 spiro atoms. The van der Waals surface area contributed by atoms with E-state index in [0.29, 0.717) is 5.95 Å². The second-order valence-electron chi connectivity index (χ2n) is 8.29. The van der Waals surface area contributed by atoms with Crippen LogP contribution in [0.25, 0.3) is 21.1 Å². The highest BCUT2D eigenvalue weighted by Crippen LogP contribution is 2.30. The molecule has 9 heteroatoms. The maximum absolute atomic E-state index is 4.78. The zero-order valence-corrected chi connectivity index (χ0v) is 19.1. The van der Waals surface area contributed by atoms with E-state index in [1.807, 2.05) is 35.8 Å². The first-order valence-corrected chi connectivity index (χ1v) is 11.9. The zero-order valence-electron chi connectivity index (χ0n) is 18.2. The van der Waals surface area contributed by atoms with Gasteiger partial charge in [0.05, 0.1) is 17.1 Å². The van der Waals surface area contributed by atoms with Gasteiger partial charge in [0.15, 0.2) is 0 Å². The molecule has 8 nitrogen and oxygen atoms in total. The Hall–Kier alpha value is -3.69. The van der Waals surface area contributed by atoms with Crippen LogP contribution in [0.4, 0.5) is 28.8 Å². The van der Waals surface area contributed by atoms with Crippen LogP contribution in [0.2, 0.25) is 0 Å². The van der Waals surface area contributed by atoms with E-state index in [4.69, 9.17) is 9.97 Å². The van der Waals surface area contributed by atoms with Crippen molar-refractivity contribution < 1.29 is 0 Å². The maximum Gasteiger partial charge on any atom is 0.230 e. The first-order valence-electron chi connectivity index (χ1n) is 11.0. The number of piperazine rings is 1. The van der Waals surface area contributed by atoms with Gasteiger partial charge in [-0.3, -0.25) is 5.10 Å². The Morgan fingerprint density at radius 3 is 2.58 bits per heavy atom. The van der Waals surface area contributed by atoms with Crippen LogP contribution in [-0.2, 0) is 0 Å². The molecule has 0 saturated carbocycles. The van der Waals surface area contributed by atoms with Crippen molar-refractivity contribution in [3.05, 3.63) is 60.1 Å². The topological polar surface area (TPSA) is 85.0 Å². The molecule has 0 unspecified atom stereocenters. The molecule has 3 aromatic heterocycles. The largest absolute Gasteiger partial charge is 0.369 e. The predicted octanol–water partition coefficient (Wildman–Crippen LogP) is 4.81. The summed E-state index contributed by atoms with van der Waals surface area (Å²) in [6.07, 6.45) is 1.82. The van der Waals surface area contributed by atoms with E-state index in [9.17, 15) is 0 Å². The van der Waals surface area contributed by atoms with Crippen molar-refractivity contribution in [3.63, 3.8) is 0 Å². The molecule has 0 atom stereocenters. The summed E-state index contributed by atoms with van der Waals surface area (Å²) in [5, 5.41) is 18.1. The summed E-state index contributed by atoms with van der Waals surface area (Å²) in [4.78, 5) is 15.2. The molecule has 0 amide bonds. The standard InChI is InChI=1S/C24H24N8S/c1-31-9-11-32(12-10-31)19-6-4-17(5-7-19)27-24-28-22(20-8-13-33-23(20)29-24)26-18-3-2-16-15-25-30-21(16)14-18/h2-8,13-15H,9-12H2,1H3,(H,25,30)(H2,26,27,28,29). The Labute approximate surface area is 195 Å². The molecule has 3 N–H and O–H groups in total. The number of hydrogen-bond donors (Lipinski definition) is 3. The van der Waals surface area contributed by atoms with Gasteiger partial charge in [0, 0.05) is 48.6 Å². The molecule has 4 heterocycles. The lowest BCUT2D eigenvalue weighted by atomic mass is 10.2. The Balaban J connectivity index is 1.24. The highest BCUT2D eigenvalue weighted by Gasteiger charge is 2.14. The zero-order chi connectivity index (χ0) is 22.2. The third-order valence-corrected chi connectivity index (χ3v) is 6.83. The van der Waals surface area contributed by atoms with E-state index >= 15 is 0 Å². The van der Waals surface area contributed by atoms with Gasteiger partial charge in [0.2, 0.25) is 5.95 Å². The lowest BCUT2D eigenvalue weighted by molar-refractivity contribution is 0.313. The SMILES string of the molecule is CN1CCN(c2ccc(Nc3nc(Nc4ccc5cn[nH]c5c4)c4ccsc4n3)cc2)CC1. The van der Waals surface area contributed by atoms with Crippen LogP contribution in [0.1, 0.15) is 0 Å². The average molecular weight is 457 g/mol. The minimum atomic E-state index is 0.572. The van der Waals surface area contributed by atoms with Gasteiger partial charge >= 0.3 is 0 Å². The van der Waals surface area contributed by atoms with Gasteiger partial charge < -0.3 is 20.4 Å². The lowest BCUT2D eigenvalue weighted by Crippen LogP contribution is -2.44. The van der Waals surface area contributed by atoms with Gasteiger partial charge in [-0.05, 0) is 61.0 Å². The number of hydrogen-bond acceptors (Lipinski definition) is 8. The van der Waals surface area contributed by atoms with Gasteiger partial charge in [-0.1, -0.05) is 0 Å². The molecule has 33 heavy (non-hydrogen) atoms. The fourth-order valence-electron chi connectivity index (χ4n) is 4.11. The third kappa shape index (κ3) is 4.08. The summed E-state index contributed by atoms with van der Waals surface area (Å²) in [5.41, 5.74) is 4.14. The molecule has 5 aromatic rings. The van der Waals surface area contributed by atoms with E-state index in [1.54, 1.807) is 11.3 Å². The Bertz CT molecular complexity index is 1400. The van der Waals surface area contributed by atoms with Crippen molar-refractivity contribution >= 4 is 61.3 Å². The van der Waals surface area contributed by atoms with Crippen LogP contribution in [0, 0.1) is 0 Å². The number of rotatable bonds is 5. The molecule has 6 rings (SSSR count). The second kappa shape index (κ2) is 8.34. The van der Waals surface area contributed by atoms with Crippen molar-refractivity contribution in [2.75, 3.05) is 48.8 Å². The summed E-state index contributed by atoms with van der Waals surface area (Å²) in [5.74, 6) is 1.35. The Morgan fingerprint density at radius 2 is 1.73 bits per heavy atom. The number of benzene rings is 2. The number of nitrogens with zero attached hydrogens (tertiary/aromatic N) is 5. The quantitative estimate of drug-likeness (QED) is 0.350. The smallest absolute Gasteiger partial charge is 0.230 e. The number of fused-ring (bicyclic) bond motifs is 2. The third-order valence-electron chi connectivity index (χ3n) is 6.02. The van der Waals surface area contributed by atoms with Crippen molar-refractivity contribution in [2.45, 2.75) is 0 Å². The summed E-state index contributed by atoms with van der Waals surface area (Å²) < 4.78 is 0. The normalized spacial score (nSPS) is 14.8. The van der Waals surface area contributed by atoms with Gasteiger partial charge in [-0.15, -0.1) is 11.3 Å². The number of aromatic amines is 1. The average Bonchev–Trinajstić information content (AvgIpc) is 3.49. The molecule has 1 aliphatic rings. The molecule has 0 bridgehead atoms. The summed E-state index contributed by atoms with van der Waals surface area (Å²) in [6, 6.07) is 16.7. The summed E-state index contributed by atoms with van der Waals surface area (Å²) >= 11 is 1.60. The first kappa shape index (κ1) is 20.0. The van der Waals surface area contributed by atoms with Gasteiger partial charge in [0.25, 0.3) is 0 Å². The first-order chi connectivity index (χ1) is 16.2. The molecule has 1 saturated heterocycles. The lowest BCUT2D eigenvalue weighted by Gasteiger charge is -2.34. The number of likely N-dealkylation sites (N-methyl/N-ethyl adjacent to an activating group) is 1. The monoisotopic (exact) mass is 456 g/mol. The van der Waals surface area contributed by atoms with E-state index in [1.165, 1.54) is 5.69 Å². The molecule has 0 radical (unpaired) electrons. The number of thiophene rings is 1. The van der Waals surface area contributed by atoms with Gasteiger partial charge in [-0.2, -0.15) is 10.1 Å². The molecule has 1 fully saturated rings. The predicted molar refractivity (Wildman–Crippen MR) is 136 cm³/mol. The highest BCUT2D eigenvalue weighted by molar-refractivity contribution is 7.16. The molecule has 1 aliphatic heterocycles. The van der Waals surface area contributed by atoms with Crippen molar-refractivity contribution in [3.8, 4) is 0 Å².